The summed E-state index contributed by atoms with van der Waals surface area (Å²) in [6.07, 6.45) is 3.46. The zero-order chi connectivity index (χ0) is 23.9. The van der Waals surface area contributed by atoms with Crippen molar-refractivity contribution in [2.45, 2.75) is 38.6 Å². The van der Waals surface area contributed by atoms with Crippen molar-refractivity contribution in [2.24, 2.45) is 0 Å². The number of nitrogens with one attached hydrogen (secondary N) is 2. The van der Waals surface area contributed by atoms with Crippen LogP contribution in [0.5, 0.6) is 0 Å². The second-order valence-electron chi connectivity index (χ2n) is 9.09. The predicted molar refractivity (Wildman–Crippen MR) is 136 cm³/mol. The lowest BCUT2D eigenvalue weighted by molar-refractivity contribution is -0.138. The quantitative estimate of drug-likeness (QED) is 0.531. The fraction of sp³-hybridized carbons (Fsp3) is 0.560. The van der Waals surface area contributed by atoms with Crippen LogP contribution in [0.1, 0.15) is 32.6 Å². The van der Waals surface area contributed by atoms with E-state index in [1.807, 2.05) is 0 Å². The van der Waals surface area contributed by atoms with Gasteiger partial charge in [-0.3, -0.25) is 19.3 Å². The van der Waals surface area contributed by atoms with Gasteiger partial charge in [0.15, 0.2) is 0 Å². The third-order valence-corrected chi connectivity index (χ3v) is 7.63. The topological polar surface area (TPSA) is 85.0 Å². The van der Waals surface area contributed by atoms with Crippen LogP contribution in [0.2, 0.25) is 0 Å². The third kappa shape index (κ3) is 6.07. The number of hydrogen-bond donors (Lipinski definition) is 2. The molecular weight excluding hydrogens is 450 g/mol. The van der Waals surface area contributed by atoms with Gasteiger partial charge in [-0.1, -0.05) is 6.07 Å². The zero-order valence-electron chi connectivity index (χ0n) is 19.9. The Kier molecular flexibility index (Phi) is 8.39. The van der Waals surface area contributed by atoms with Gasteiger partial charge in [0.1, 0.15) is 6.04 Å². The van der Waals surface area contributed by atoms with Crippen LogP contribution in [0.15, 0.2) is 29.6 Å². The lowest BCUT2D eigenvalue weighted by atomic mass is 10.1. The van der Waals surface area contributed by atoms with Gasteiger partial charge in [0.25, 0.3) is 0 Å². The molecule has 2 fully saturated rings. The summed E-state index contributed by atoms with van der Waals surface area (Å²) in [4.78, 5) is 42.5. The van der Waals surface area contributed by atoms with E-state index in [0.717, 1.165) is 52.0 Å². The largest absolute Gasteiger partial charge is 0.368 e. The van der Waals surface area contributed by atoms with E-state index in [-0.39, 0.29) is 24.3 Å². The molecule has 2 aliphatic rings. The number of nitrogens with zero attached hydrogens (tertiary/aromatic N) is 3. The Labute approximate surface area is 205 Å². The van der Waals surface area contributed by atoms with Crippen LogP contribution in [0.3, 0.4) is 0 Å². The van der Waals surface area contributed by atoms with Gasteiger partial charge >= 0.3 is 0 Å². The van der Waals surface area contributed by atoms with E-state index in [2.05, 4.69) is 50.1 Å². The molecule has 2 N–H and O–H groups in total. The molecule has 184 valence electrons. The fourth-order valence-corrected chi connectivity index (χ4v) is 5.70. The number of carbonyl (C=O) groups is 3. The van der Waals surface area contributed by atoms with Crippen LogP contribution in [0, 0.1) is 0 Å². The van der Waals surface area contributed by atoms with E-state index in [9.17, 15) is 14.4 Å². The van der Waals surface area contributed by atoms with Gasteiger partial charge in [-0.05, 0) is 55.8 Å². The lowest BCUT2D eigenvalue weighted by Crippen LogP contribution is -2.49. The van der Waals surface area contributed by atoms with Gasteiger partial charge in [0.2, 0.25) is 17.7 Å². The van der Waals surface area contributed by atoms with Crippen LogP contribution in [-0.2, 0) is 14.4 Å². The number of hydrogen-bond acceptors (Lipinski definition) is 6. The molecule has 34 heavy (non-hydrogen) atoms. The first-order chi connectivity index (χ1) is 16.5. The molecule has 0 aliphatic carbocycles. The summed E-state index contributed by atoms with van der Waals surface area (Å²) in [7, 11) is 0. The molecule has 0 spiro atoms. The molecule has 1 unspecified atom stereocenters. The second kappa shape index (κ2) is 11.7. The molecule has 8 nitrogen and oxygen atoms in total. The molecule has 2 aliphatic heterocycles. The first-order valence-electron chi connectivity index (χ1n) is 12.3. The number of amides is 3. The molecule has 2 aromatic rings. The molecule has 0 bridgehead atoms. The average Bonchev–Trinajstić information content (AvgIpc) is 3.52. The summed E-state index contributed by atoms with van der Waals surface area (Å²) >= 11 is 1.79. The van der Waals surface area contributed by atoms with Gasteiger partial charge < -0.3 is 20.4 Å². The summed E-state index contributed by atoms with van der Waals surface area (Å²) in [5, 5.41) is 9.05. The number of fused-ring (bicyclic) bond motifs is 1. The molecular formula is C25H35N5O3S. The van der Waals surface area contributed by atoms with E-state index in [4.69, 9.17) is 0 Å². The van der Waals surface area contributed by atoms with Crippen molar-refractivity contribution in [3.63, 3.8) is 0 Å². The van der Waals surface area contributed by atoms with Crippen LogP contribution in [0.4, 0.5) is 5.69 Å². The summed E-state index contributed by atoms with van der Waals surface area (Å²) in [5.74, 6) is -0.512. The Bertz CT molecular complexity index is 1000. The Hall–Kier alpha value is -2.65. The number of likely N-dealkylation sites (tertiary alicyclic amines) is 1. The van der Waals surface area contributed by atoms with Gasteiger partial charge in [0.05, 0.1) is 6.54 Å². The summed E-state index contributed by atoms with van der Waals surface area (Å²) < 4.78 is 1.35. The zero-order valence-corrected chi connectivity index (χ0v) is 20.7. The SMILES string of the molecule is CC(=O)NCC(=O)N1CCCC1C(=O)NCCCCN1CCN(c2cccc3sccc23)CC1. The van der Waals surface area contributed by atoms with Gasteiger partial charge in [0, 0.05) is 62.0 Å². The number of thiophene rings is 1. The summed E-state index contributed by atoms with van der Waals surface area (Å²) in [6.45, 7) is 7.76. The van der Waals surface area contributed by atoms with Crippen LogP contribution >= 0.6 is 11.3 Å². The van der Waals surface area contributed by atoms with Crippen molar-refractivity contribution in [1.82, 2.24) is 20.4 Å². The smallest absolute Gasteiger partial charge is 0.242 e. The number of anilines is 1. The number of rotatable bonds is 9. The van der Waals surface area contributed by atoms with Crippen LogP contribution < -0.4 is 15.5 Å². The summed E-state index contributed by atoms with van der Waals surface area (Å²) in [6, 6.07) is 8.37. The highest BCUT2D eigenvalue weighted by atomic mass is 32.1. The van der Waals surface area contributed by atoms with E-state index >= 15 is 0 Å². The molecule has 3 amide bonds. The normalized spacial score (nSPS) is 18.9. The second-order valence-corrected chi connectivity index (χ2v) is 10.0. The van der Waals surface area contributed by atoms with E-state index in [0.29, 0.717) is 19.5 Å². The average molecular weight is 486 g/mol. The molecule has 1 aromatic heterocycles. The van der Waals surface area contributed by atoms with Gasteiger partial charge in [-0.15, -0.1) is 11.3 Å². The number of carbonyl (C=O) groups excluding carboxylic acids is 3. The Balaban J connectivity index is 1.12. The van der Waals surface area contributed by atoms with E-state index < -0.39 is 6.04 Å². The number of unbranched alkanes of at least 4 members (excludes halogenated alkanes) is 1. The molecule has 1 atom stereocenters. The van der Waals surface area contributed by atoms with Crippen molar-refractivity contribution in [3.05, 3.63) is 29.6 Å². The van der Waals surface area contributed by atoms with Crippen molar-refractivity contribution in [3.8, 4) is 0 Å². The molecule has 3 heterocycles. The third-order valence-electron chi connectivity index (χ3n) is 6.75. The minimum absolute atomic E-state index is 0.0468. The Morgan fingerprint density at radius 1 is 1.03 bits per heavy atom. The number of piperazine rings is 1. The predicted octanol–water partition coefficient (Wildman–Crippen LogP) is 2.05. The first-order valence-corrected chi connectivity index (χ1v) is 13.2. The van der Waals surface area contributed by atoms with Gasteiger partial charge in [-0.2, -0.15) is 0 Å². The summed E-state index contributed by atoms with van der Waals surface area (Å²) in [5.41, 5.74) is 1.35. The molecule has 1 aromatic carbocycles. The Morgan fingerprint density at radius 2 is 1.85 bits per heavy atom. The lowest BCUT2D eigenvalue weighted by Gasteiger charge is -2.36. The molecule has 0 radical (unpaired) electrons. The maximum absolute atomic E-state index is 12.6. The van der Waals surface area contributed by atoms with Gasteiger partial charge in [-0.25, -0.2) is 0 Å². The molecule has 0 saturated carbocycles. The van der Waals surface area contributed by atoms with E-state index in [1.54, 1.807) is 16.2 Å². The molecule has 2 saturated heterocycles. The molecule has 9 heteroatoms. The van der Waals surface area contributed by atoms with Crippen molar-refractivity contribution >= 4 is 44.8 Å². The van der Waals surface area contributed by atoms with Crippen LogP contribution in [-0.4, -0.2) is 85.9 Å². The van der Waals surface area contributed by atoms with Crippen molar-refractivity contribution in [2.75, 3.05) is 57.3 Å². The van der Waals surface area contributed by atoms with Crippen molar-refractivity contribution in [1.29, 1.82) is 0 Å². The maximum atomic E-state index is 12.6. The highest BCUT2D eigenvalue weighted by Crippen LogP contribution is 2.31. The fourth-order valence-electron chi connectivity index (χ4n) is 4.90. The Morgan fingerprint density at radius 3 is 2.65 bits per heavy atom. The maximum Gasteiger partial charge on any atom is 0.242 e. The van der Waals surface area contributed by atoms with E-state index in [1.165, 1.54) is 22.7 Å². The van der Waals surface area contributed by atoms with Crippen LogP contribution in [0.25, 0.3) is 10.1 Å². The molecule has 4 rings (SSSR count). The van der Waals surface area contributed by atoms with Crippen molar-refractivity contribution < 1.29 is 14.4 Å². The highest BCUT2D eigenvalue weighted by Gasteiger charge is 2.33. The first kappa shape index (κ1) is 24.5. The minimum atomic E-state index is -0.415. The highest BCUT2D eigenvalue weighted by molar-refractivity contribution is 7.17. The minimum Gasteiger partial charge on any atom is -0.368 e. The monoisotopic (exact) mass is 485 g/mol. The standard InChI is InChI=1S/C25H35N5O3S/c1-19(31)27-18-24(32)30-12-5-7-22(30)25(33)26-10-2-3-11-28-13-15-29(16-14-28)21-6-4-8-23-20(21)9-17-34-23/h4,6,8-9,17,22H,2-3,5,7,10-16,18H2,1H3,(H,26,33)(H,27,31). The number of benzene rings is 1.